The summed E-state index contributed by atoms with van der Waals surface area (Å²) < 4.78 is 62.8. The minimum atomic E-state index is -4.71. The lowest BCUT2D eigenvalue weighted by Gasteiger charge is -2.10. The molecule has 23 heavy (non-hydrogen) atoms. The van der Waals surface area contributed by atoms with Gasteiger partial charge in [0.15, 0.2) is 0 Å². The highest BCUT2D eigenvalue weighted by Crippen LogP contribution is 2.33. The Bertz CT molecular complexity index is 879. The quantitative estimate of drug-likeness (QED) is 0.523. The van der Waals surface area contributed by atoms with Crippen LogP contribution in [0.2, 0.25) is 0 Å². The SMILES string of the molecule is Nc1ccc(S(=O)(=O)c2cccc(C(F)(F)F)c2)cc1[N+](=O)[O-]. The number of halogens is 3. The Balaban J connectivity index is 2.60. The van der Waals surface area contributed by atoms with Crippen molar-refractivity contribution in [1.29, 1.82) is 0 Å². The Labute approximate surface area is 128 Å². The van der Waals surface area contributed by atoms with Gasteiger partial charge in [-0.1, -0.05) is 6.07 Å². The summed E-state index contributed by atoms with van der Waals surface area (Å²) in [7, 11) is -4.35. The van der Waals surface area contributed by atoms with Gasteiger partial charge in [-0.05, 0) is 30.3 Å². The molecule has 0 aliphatic heterocycles. The van der Waals surface area contributed by atoms with E-state index in [1.165, 1.54) is 0 Å². The van der Waals surface area contributed by atoms with Gasteiger partial charge in [-0.25, -0.2) is 8.42 Å². The van der Waals surface area contributed by atoms with Crippen LogP contribution in [0.15, 0.2) is 52.3 Å². The molecule has 2 rings (SSSR count). The van der Waals surface area contributed by atoms with Gasteiger partial charge in [0.2, 0.25) is 9.84 Å². The van der Waals surface area contributed by atoms with Crippen LogP contribution in [-0.2, 0) is 16.0 Å². The van der Waals surface area contributed by atoms with Gasteiger partial charge in [0.05, 0.1) is 20.3 Å². The Morgan fingerprint density at radius 2 is 1.65 bits per heavy atom. The summed E-state index contributed by atoms with van der Waals surface area (Å²) in [6.45, 7) is 0. The van der Waals surface area contributed by atoms with Gasteiger partial charge in [-0.2, -0.15) is 13.2 Å². The van der Waals surface area contributed by atoms with Crippen LogP contribution in [0.5, 0.6) is 0 Å². The Hall–Kier alpha value is -2.62. The summed E-state index contributed by atoms with van der Waals surface area (Å²) in [5.41, 5.74) is 3.34. The van der Waals surface area contributed by atoms with E-state index in [-0.39, 0.29) is 5.69 Å². The molecule has 0 fully saturated rings. The van der Waals surface area contributed by atoms with E-state index < -0.39 is 42.0 Å². The van der Waals surface area contributed by atoms with E-state index in [1.54, 1.807) is 0 Å². The molecular formula is C13H9F3N2O4S. The highest BCUT2D eigenvalue weighted by Gasteiger charge is 2.32. The fourth-order valence-corrected chi connectivity index (χ4v) is 3.15. The topological polar surface area (TPSA) is 103 Å². The Kier molecular flexibility index (Phi) is 4.03. The molecule has 0 amide bonds. The van der Waals surface area contributed by atoms with Crippen LogP contribution < -0.4 is 5.73 Å². The lowest BCUT2D eigenvalue weighted by Crippen LogP contribution is -2.08. The third-order valence-corrected chi connectivity index (χ3v) is 4.73. The lowest BCUT2D eigenvalue weighted by molar-refractivity contribution is -0.384. The zero-order valence-electron chi connectivity index (χ0n) is 11.2. The third kappa shape index (κ3) is 3.26. The van der Waals surface area contributed by atoms with E-state index in [0.717, 1.165) is 30.3 Å². The van der Waals surface area contributed by atoms with Gasteiger partial charge in [-0.3, -0.25) is 10.1 Å². The standard InChI is InChI=1S/C13H9F3N2O4S/c14-13(15,16)8-2-1-3-9(6-8)23(21,22)10-4-5-11(17)12(7-10)18(19)20/h1-7H,17H2. The van der Waals surface area contributed by atoms with Crippen LogP contribution in [0.1, 0.15) is 5.56 Å². The molecule has 2 aromatic rings. The number of hydrogen-bond acceptors (Lipinski definition) is 5. The maximum atomic E-state index is 12.7. The number of alkyl halides is 3. The van der Waals surface area contributed by atoms with Crippen molar-refractivity contribution in [3.05, 3.63) is 58.1 Å². The predicted octanol–water partition coefficient (Wildman–Crippen LogP) is 3.03. The monoisotopic (exact) mass is 346 g/mol. The van der Waals surface area contributed by atoms with Crippen LogP contribution in [0.4, 0.5) is 24.5 Å². The van der Waals surface area contributed by atoms with Gasteiger partial charge in [0.1, 0.15) is 5.69 Å². The number of nitrogens with two attached hydrogens (primary N) is 1. The van der Waals surface area contributed by atoms with Crippen molar-refractivity contribution >= 4 is 21.2 Å². The molecule has 0 atom stereocenters. The van der Waals surface area contributed by atoms with Crippen LogP contribution >= 0.6 is 0 Å². The average molecular weight is 346 g/mol. The summed E-state index contributed by atoms with van der Waals surface area (Å²) in [5, 5.41) is 10.8. The van der Waals surface area contributed by atoms with Crippen molar-refractivity contribution in [1.82, 2.24) is 0 Å². The maximum Gasteiger partial charge on any atom is 0.416 e. The number of hydrogen-bond donors (Lipinski definition) is 1. The number of nitrogens with zero attached hydrogens (tertiary/aromatic N) is 1. The average Bonchev–Trinajstić information content (AvgIpc) is 2.46. The normalized spacial score (nSPS) is 12.1. The number of nitro groups is 1. The zero-order chi connectivity index (χ0) is 17.4. The highest BCUT2D eigenvalue weighted by atomic mass is 32.2. The molecule has 122 valence electrons. The number of nitrogen functional groups attached to an aromatic ring is 1. The molecule has 0 saturated carbocycles. The van der Waals surface area contributed by atoms with Crippen molar-refractivity contribution < 1.29 is 26.5 Å². The minimum Gasteiger partial charge on any atom is -0.393 e. The van der Waals surface area contributed by atoms with E-state index >= 15 is 0 Å². The second-order valence-electron chi connectivity index (χ2n) is 4.51. The molecule has 0 aliphatic carbocycles. The second kappa shape index (κ2) is 5.54. The van der Waals surface area contributed by atoms with Crippen molar-refractivity contribution in [2.75, 3.05) is 5.73 Å². The number of benzene rings is 2. The van der Waals surface area contributed by atoms with Crippen molar-refractivity contribution in [2.24, 2.45) is 0 Å². The first-order valence-corrected chi connectivity index (χ1v) is 7.48. The van der Waals surface area contributed by atoms with Gasteiger partial charge in [0.25, 0.3) is 5.69 Å². The Morgan fingerprint density at radius 3 is 2.22 bits per heavy atom. The first-order valence-electron chi connectivity index (χ1n) is 6.00. The van der Waals surface area contributed by atoms with Gasteiger partial charge in [-0.15, -0.1) is 0 Å². The van der Waals surface area contributed by atoms with E-state index in [4.69, 9.17) is 5.73 Å². The Morgan fingerprint density at radius 1 is 1.04 bits per heavy atom. The molecule has 0 bridgehead atoms. The van der Waals surface area contributed by atoms with E-state index in [9.17, 15) is 31.7 Å². The number of anilines is 1. The molecule has 0 radical (unpaired) electrons. The third-order valence-electron chi connectivity index (χ3n) is 2.98. The summed E-state index contributed by atoms with van der Waals surface area (Å²) >= 11 is 0. The number of sulfone groups is 1. The molecule has 10 heteroatoms. The molecule has 0 aliphatic rings. The van der Waals surface area contributed by atoms with Crippen molar-refractivity contribution in [3.63, 3.8) is 0 Å². The van der Waals surface area contributed by atoms with Gasteiger partial charge in [0, 0.05) is 6.07 Å². The van der Waals surface area contributed by atoms with Crippen molar-refractivity contribution in [2.45, 2.75) is 16.0 Å². The first-order chi connectivity index (χ1) is 10.5. The van der Waals surface area contributed by atoms with E-state index in [0.29, 0.717) is 12.1 Å². The maximum absolute atomic E-state index is 12.7. The van der Waals surface area contributed by atoms with Gasteiger partial charge < -0.3 is 5.73 Å². The summed E-state index contributed by atoms with van der Waals surface area (Å²) in [6, 6.07) is 5.84. The van der Waals surface area contributed by atoms with Crippen LogP contribution in [0.3, 0.4) is 0 Å². The molecule has 2 aromatic carbocycles. The minimum absolute atomic E-state index is 0.252. The van der Waals surface area contributed by atoms with Crippen LogP contribution in [0.25, 0.3) is 0 Å². The summed E-state index contributed by atoms with van der Waals surface area (Å²) in [6.07, 6.45) is -4.71. The highest BCUT2D eigenvalue weighted by molar-refractivity contribution is 7.91. The fourth-order valence-electron chi connectivity index (χ4n) is 1.82. The molecule has 0 heterocycles. The second-order valence-corrected chi connectivity index (χ2v) is 6.46. The van der Waals surface area contributed by atoms with Crippen LogP contribution in [-0.4, -0.2) is 13.3 Å². The van der Waals surface area contributed by atoms with Crippen molar-refractivity contribution in [3.8, 4) is 0 Å². The molecule has 0 spiro atoms. The lowest BCUT2D eigenvalue weighted by atomic mass is 10.2. The molecule has 0 aromatic heterocycles. The molecule has 0 unspecified atom stereocenters. The van der Waals surface area contributed by atoms with E-state index in [1.807, 2.05) is 0 Å². The number of rotatable bonds is 3. The summed E-state index contributed by atoms with van der Waals surface area (Å²) in [5.74, 6) is 0. The molecule has 0 saturated heterocycles. The fraction of sp³-hybridized carbons (Fsp3) is 0.0769. The van der Waals surface area contributed by atoms with E-state index in [2.05, 4.69) is 0 Å². The number of nitro benzene ring substituents is 1. The molecule has 6 nitrogen and oxygen atoms in total. The largest absolute Gasteiger partial charge is 0.416 e. The van der Waals surface area contributed by atoms with Crippen LogP contribution in [0, 0.1) is 10.1 Å². The smallest absolute Gasteiger partial charge is 0.393 e. The zero-order valence-corrected chi connectivity index (χ0v) is 12.1. The predicted molar refractivity (Wildman–Crippen MR) is 74.4 cm³/mol. The van der Waals surface area contributed by atoms with Gasteiger partial charge >= 0.3 is 6.18 Å². The molecule has 2 N–H and O–H groups in total. The first kappa shape index (κ1) is 16.7. The summed E-state index contributed by atoms with van der Waals surface area (Å²) in [4.78, 5) is 8.80. The molecular weight excluding hydrogens is 337 g/mol.